The van der Waals surface area contributed by atoms with Crippen molar-refractivity contribution in [2.45, 2.75) is 40.2 Å². The first-order chi connectivity index (χ1) is 16.7. The number of hydrogen-bond donors (Lipinski definition) is 0. The summed E-state index contributed by atoms with van der Waals surface area (Å²) in [6, 6.07) is 8.50. The standard InChI is InChI=1S/C25H22N4O5S/c1-12(2)9-19-26-27-25(35-19)28-21(15-5-7-16(8-6-15)29(32)33)20-22(30)17-10-13(3)14(4)11-18(17)34-23(20)24(28)31/h5-8,10-12,21H,9H2,1-4H3/t21-/m0/s1. The molecule has 10 heteroatoms. The van der Waals surface area contributed by atoms with Gasteiger partial charge in [0.15, 0.2) is 5.43 Å². The maximum Gasteiger partial charge on any atom is 0.297 e. The summed E-state index contributed by atoms with van der Waals surface area (Å²) in [4.78, 5) is 39.5. The van der Waals surface area contributed by atoms with Gasteiger partial charge in [-0.2, -0.15) is 0 Å². The molecule has 2 aromatic heterocycles. The van der Waals surface area contributed by atoms with Crippen molar-refractivity contribution in [2.75, 3.05) is 4.90 Å². The molecule has 1 aliphatic heterocycles. The molecule has 0 spiro atoms. The molecule has 1 atom stereocenters. The van der Waals surface area contributed by atoms with Crippen molar-refractivity contribution in [3.8, 4) is 0 Å². The van der Waals surface area contributed by atoms with Gasteiger partial charge in [0.05, 0.1) is 21.9 Å². The number of carbonyl (C=O) groups is 1. The first kappa shape index (κ1) is 22.9. The lowest BCUT2D eigenvalue weighted by Gasteiger charge is -2.22. The lowest BCUT2D eigenvalue weighted by atomic mass is 9.97. The van der Waals surface area contributed by atoms with Gasteiger partial charge in [0.2, 0.25) is 10.9 Å². The molecule has 9 nitrogen and oxygen atoms in total. The highest BCUT2D eigenvalue weighted by molar-refractivity contribution is 7.15. The molecule has 0 unspecified atom stereocenters. The van der Waals surface area contributed by atoms with Crippen LogP contribution in [0.5, 0.6) is 0 Å². The molecule has 0 fully saturated rings. The van der Waals surface area contributed by atoms with Gasteiger partial charge in [-0.1, -0.05) is 25.2 Å². The van der Waals surface area contributed by atoms with Gasteiger partial charge < -0.3 is 4.42 Å². The summed E-state index contributed by atoms with van der Waals surface area (Å²) in [7, 11) is 0. The number of non-ortho nitro benzene ring substituents is 1. The molecule has 0 radical (unpaired) electrons. The molecular weight excluding hydrogens is 468 g/mol. The average Bonchev–Trinajstić information content (AvgIpc) is 3.37. The zero-order valence-electron chi connectivity index (χ0n) is 19.6. The number of carbonyl (C=O) groups excluding carboxylic acids is 1. The minimum atomic E-state index is -0.847. The Morgan fingerprint density at radius 2 is 1.80 bits per heavy atom. The zero-order valence-corrected chi connectivity index (χ0v) is 20.4. The Hall–Kier alpha value is -3.92. The highest BCUT2D eigenvalue weighted by Gasteiger charge is 2.45. The Labute approximate surface area is 204 Å². The van der Waals surface area contributed by atoms with Crippen molar-refractivity contribution in [1.82, 2.24) is 10.2 Å². The molecule has 0 aliphatic carbocycles. The van der Waals surface area contributed by atoms with Crippen LogP contribution >= 0.6 is 11.3 Å². The van der Waals surface area contributed by atoms with Crippen LogP contribution in [0, 0.1) is 29.9 Å². The van der Waals surface area contributed by atoms with E-state index in [9.17, 15) is 19.7 Å². The topological polar surface area (TPSA) is 119 Å². The van der Waals surface area contributed by atoms with Crippen LogP contribution in [0.4, 0.5) is 10.8 Å². The first-order valence-electron chi connectivity index (χ1n) is 11.1. The number of amides is 1. The van der Waals surface area contributed by atoms with Crippen molar-refractivity contribution in [3.63, 3.8) is 0 Å². The largest absolute Gasteiger partial charge is 0.450 e. The molecule has 0 saturated heterocycles. The first-order valence-corrected chi connectivity index (χ1v) is 12.0. The fraction of sp³-hybridized carbons (Fsp3) is 0.280. The van der Waals surface area contributed by atoms with Crippen molar-refractivity contribution >= 4 is 39.0 Å². The molecular formula is C25H22N4O5S. The van der Waals surface area contributed by atoms with Crippen LogP contribution in [0.1, 0.15) is 57.7 Å². The minimum Gasteiger partial charge on any atom is -0.450 e. The van der Waals surface area contributed by atoms with Gasteiger partial charge in [-0.15, -0.1) is 10.2 Å². The van der Waals surface area contributed by atoms with Gasteiger partial charge >= 0.3 is 0 Å². The van der Waals surface area contributed by atoms with Gasteiger partial charge in [-0.25, -0.2) is 0 Å². The molecule has 178 valence electrons. The summed E-state index contributed by atoms with van der Waals surface area (Å²) in [5.74, 6) is -0.185. The molecule has 4 aromatic rings. The number of rotatable bonds is 5. The maximum atomic E-state index is 13.7. The molecule has 5 rings (SSSR count). The predicted octanol–water partition coefficient (Wildman–Crippen LogP) is 5.12. The predicted molar refractivity (Wildman–Crippen MR) is 132 cm³/mol. The Morgan fingerprint density at radius 3 is 2.46 bits per heavy atom. The van der Waals surface area contributed by atoms with Gasteiger partial charge in [0.1, 0.15) is 10.6 Å². The SMILES string of the molecule is Cc1cc2oc3c(c(=O)c2cc1C)[C@H](c1ccc([N+](=O)[O-])cc1)N(c1nnc(CC(C)C)s1)C3=O. The smallest absolute Gasteiger partial charge is 0.297 e. The molecule has 0 saturated carbocycles. The fourth-order valence-corrected chi connectivity index (χ4v) is 5.37. The van der Waals surface area contributed by atoms with E-state index in [1.165, 1.54) is 28.4 Å². The fourth-order valence-electron chi connectivity index (χ4n) is 4.29. The second kappa shape index (κ2) is 8.38. The third-order valence-corrected chi connectivity index (χ3v) is 7.10. The summed E-state index contributed by atoms with van der Waals surface area (Å²) in [6.07, 6.45) is 0.703. The van der Waals surface area contributed by atoms with E-state index in [0.29, 0.717) is 34.0 Å². The monoisotopic (exact) mass is 490 g/mol. The van der Waals surface area contributed by atoms with E-state index in [1.807, 2.05) is 13.8 Å². The number of nitro benzene ring substituents is 1. The van der Waals surface area contributed by atoms with E-state index in [2.05, 4.69) is 24.0 Å². The summed E-state index contributed by atoms with van der Waals surface area (Å²) in [5, 5.41) is 21.2. The van der Waals surface area contributed by atoms with Crippen molar-refractivity contribution in [3.05, 3.63) is 89.8 Å². The van der Waals surface area contributed by atoms with Crippen LogP contribution < -0.4 is 10.3 Å². The Bertz CT molecular complexity index is 1550. The van der Waals surface area contributed by atoms with E-state index >= 15 is 0 Å². The van der Waals surface area contributed by atoms with Crippen molar-refractivity contribution in [2.24, 2.45) is 5.92 Å². The quantitative estimate of drug-likeness (QED) is 0.281. The van der Waals surface area contributed by atoms with E-state index in [1.54, 1.807) is 24.3 Å². The van der Waals surface area contributed by atoms with E-state index in [4.69, 9.17) is 4.42 Å². The lowest BCUT2D eigenvalue weighted by Crippen LogP contribution is -2.29. The maximum absolute atomic E-state index is 13.7. The van der Waals surface area contributed by atoms with Gasteiger partial charge in [0, 0.05) is 18.6 Å². The Kier molecular flexibility index (Phi) is 5.47. The van der Waals surface area contributed by atoms with E-state index in [0.717, 1.165) is 16.1 Å². The van der Waals surface area contributed by atoms with Gasteiger partial charge in [0.25, 0.3) is 11.6 Å². The van der Waals surface area contributed by atoms with Crippen LogP contribution in [0.3, 0.4) is 0 Å². The zero-order chi connectivity index (χ0) is 25.0. The normalized spacial score (nSPS) is 15.3. The molecule has 0 N–H and O–H groups in total. The third kappa shape index (κ3) is 3.79. The molecule has 1 amide bonds. The number of aryl methyl sites for hydroxylation is 2. The van der Waals surface area contributed by atoms with Crippen LogP contribution in [-0.2, 0) is 6.42 Å². The molecule has 1 aliphatic rings. The summed E-state index contributed by atoms with van der Waals surface area (Å²) in [5.41, 5.74) is 2.55. The number of nitro groups is 1. The van der Waals surface area contributed by atoms with Crippen LogP contribution in [0.25, 0.3) is 11.0 Å². The summed E-state index contributed by atoms with van der Waals surface area (Å²) < 4.78 is 6.03. The molecule has 2 aromatic carbocycles. The molecule has 35 heavy (non-hydrogen) atoms. The average molecular weight is 491 g/mol. The Morgan fingerprint density at radius 1 is 1.11 bits per heavy atom. The number of benzene rings is 2. The van der Waals surface area contributed by atoms with Gasteiger partial charge in [-0.05, 0) is 60.7 Å². The Balaban J connectivity index is 1.74. The summed E-state index contributed by atoms with van der Waals surface area (Å²) in [6.45, 7) is 7.95. The van der Waals surface area contributed by atoms with Crippen molar-refractivity contribution < 1.29 is 14.1 Å². The van der Waals surface area contributed by atoms with Crippen LogP contribution in [-0.4, -0.2) is 21.0 Å². The number of aromatic nitrogens is 2. The second-order valence-electron chi connectivity index (χ2n) is 9.11. The highest BCUT2D eigenvalue weighted by Crippen LogP contribution is 2.42. The van der Waals surface area contributed by atoms with E-state index in [-0.39, 0.29) is 22.4 Å². The van der Waals surface area contributed by atoms with Crippen molar-refractivity contribution in [1.29, 1.82) is 0 Å². The number of hydrogen-bond acceptors (Lipinski definition) is 8. The third-order valence-electron chi connectivity index (χ3n) is 6.15. The molecule has 3 heterocycles. The van der Waals surface area contributed by atoms with Crippen LogP contribution in [0.2, 0.25) is 0 Å². The highest BCUT2D eigenvalue weighted by atomic mass is 32.1. The summed E-state index contributed by atoms with van der Waals surface area (Å²) >= 11 is 1.29. The van der Waals surface area contributed by atoms with Gasteiger partial charge in [-0.3, -0.25) is 24.6 Å². The number of anilines is 1. The number of fused-ring (bicyclic) bond motifs is 2. The second-order valence-corrected chi connectivity index (χ2v) is 10.1. The lowest BCUT2D eigenvalue weighted by molar-refractivity contribution is -0.384. The number of nitrogens with zero attached hydrogens (tertiary/aromatic N) is 4. The van der Waals surface area contributed by atoms with Crippen LogP contribution in [0.15, 0.2) is 45.6 Å². The van der Waals surface area contributed by atoms with E-state index < -0.39 is 16.9 Å². The molecule has 0 bridgehead atoms. The minimum absolute atomic E-state index is 0.0466.